The fourth-order valence-corrected chi connectivity index (χ4v) is 3.16. The lowest BCUT2D eigenvalue weighted by Crippen LogP contribution is -2.22. The van der Waals surface area contributed by atoms with Gasteiger partial charge in [0.05, 0.1) is 12.3 Å². The van der Waals surface area contributed by atoms with Crippen molar-refractivity contribution in [3.8, 4) is 0 Å². The van der Waals surface area contributed by atoms with Gasteiger partial charge in [0.25, 0.3) is 0 Å². The molecule has 0 unspecified atom stereocenters. The van der Waals surface area contributed by atoms with Gasteiger partial charge in [0.1, 0.15) is 0 Å². The number of thioether (sulfide) groups is 1. The molecule has 1 aliphatic rings. The van der Waals surface area contributed by atoms with Crippen LogP contribution in [0.4, 0.5) is 0 Å². The second-order valence-corrected chi connectivity index (χ2v) is 5.94. The van der Waals surface area contributed by atoms with Crippen molar-refractivity contribution in [2.75, 3.05) is 12.8 Å². The quantitative estimate of drug-likeness (QED) is 0.845. The van der Waals surface area contributed by atoms with Crippen molar-refractivity contribution in [3.63, 3.8) is 0 Å². The van der Waals surface area contributed by atoms with E-state index in [-0.39, 0.29) is 0 Å². The number of hydrogen-bond donors (Lipinski definition) is 0. The smallest absolute Gasteiger partial charge is 0.240 e. The highest BCUT2D eigenvalue weighted by atomic mass is 32.2. The van der Waals surface area contributed by atoms with Gasteiger partial charge in [-0.1, -0.05) is 35.5 Å². The summed E-state index contributed by atoms with van der Waals surface area (Å²) in [4.78, 5) is 6.89. The average molecular weight is 289 g/mol. The Hall–Kier alpha value is -1.33. The molecular weight excluding hydrogens is 270 g/mol. The zero-order chi connectivity index (χ0) is 13.8. The van der Waals surface area contributed by atoms with Crippen LogP contribution < -0.4 is 0 Å². The number of rotatable bonds is 5. The van der Waals surface area contributed by atoms with Crippen LogP contribution in [0.5, 0.6) is 0 Å². The van der Waals surface area contributed by atoms with Crippen molar-refractivity contribution >= 4 is 11.8 Å². The van der Waals surface area contributed by atoms with E-state index in [1.165, 1.54) is 18.4 Å². The van der Waals surface area contributed by atoms with Gasteiger partial charge in [-0.3, -0.25) is 4.90 Å². The lowest BCUT2D eigenvalue weighted by Gasteiger charge is -2.22. The van der Waals surface area contributed by atoms with Crippen LogP contribution in [0.3, 0.4) is 0 Å². The fraction of sp³-hybridized carbons (Fsp3) is 0.467. The second-order valence-electron chi connectivity index (χ2n) is 5.08. The van der Waals surface area contributed by atoms with E-state index in [1.54, 1.807) is 11.8 Å². The number of benzene rings is 1. The first-order chi connectivity index (χ1) is 9.86. The van der Waals surface area contributed by atoms with E-state index >= 15 is 0 Å². The minimum atomic E-state index is 0.479. The van der Waals surface area contributed by atoms with Crippen molar-refractivity contribution in [1.29, 1.82) is 0 Å². The van der Waals surface area contributed by atoms with Gasteiger partial charge in [-0.15, -0.1) is 0 Å². The molecule has 0 amide bonds. The molecule has 106 valence electrons. The van der Waals surface area contributed by atoms with Crippen molar-refractivity contribution in [2.24, 2.45) is 0 Å². The summed E-state index contributed by atoms with van der Waals surface area (Å²) >= 11 is 1.71. The molecule has 0 radical (unpaired) electrons. The first-order valence-corrected chi connectivity index (χ1v) is 8.35. The number of aromatic nitrogens is 2. The van der Waals surface area contributed by atoms with E-state index in [0.717, 1.165) is 30.6 Å². The molecule has 5 heteroatoms. The molecule has 2 heterocycles. The molecule has 1 aromatic carbocycles. The molecular formula is C15H19N3OS. The van der Waals surface area contributed by atoms with Crippen LogP contribution in [-0.2, 0) is 12.3 Å². The number of likely N-dealkylation sites (tertiary alicyclic amines) is 1. The van der Waals surface area contributed by atoms with Crippen molar-refractivity contribution in [3.05, 3.63) is 47.6 Å². The van der Waals surface area contributed by atoms with Gasteiger partial charge in [0.15, 0.2) is 5.82 Å². The van der Waals surface area contributed by atoms with Gasteiger partial charge in [0, 0.05) is 6.04 Å². The Bertz CT molecular complexity index is 543. The summed E-state index contributed by atoms with van der Waals surface area (Å²) in [5.41, 5.74) is 1.38. The van der Waals surface area contributed by atoms with Gasteiger partial charge in [0.2, 0.25) is 5.89 Å². The molecule has 0 spiro atoms. The van der Waals surface area contributed by atoms with Crippen molar-refractivity contribution < 1.29 is 4.52 Å². The summed E-state index contributed by atoms with van der Waals surface area (Å²) in [6, 6.07) is 11.2. The summed E-state index contributed by atoms with van der Waals surface area (Å²) in [5.74, 6) is 2.34. The predicted octanol–water partition coefficient (Wildman–Crippen LogP) is 3.27. The van der Waals surface area contributed by atoms with Gasteiger partial charge in [-0.2, -0.15) is 16.7 Å². The van der Waals surface area contributed by atoms with Gasteiger partial charge < -0.3 is 4.52 Å². The van der Waals surface area contributed by atoms with Crippen molar-refractivity contribution in [1.82, 2.24) is 15.0 Å². The van der Waals surface area contributed by atoms with E-state index in [0.29, 0.717) is 6.04 Å². The Labute approximate surface area is 123 Å². The van der Waals surface area contributed by atoms with Gasteiger partial charge >= 0.3 is 0 Å². The van der Waals surface area contributed by atoms with Crippen LogP contribution in [0, 0.1) is 0 Å². The van der Waals surface area contributed by atoms with Crippen LogP contribution in [0.2, 0.25) is 0 Å². The lowest BCUT2D eigenvalue weighted by atomic mass is 10.0. The largest absolute Gasteiger partial charge is 0.338 e. The standard InChI is InChI=1S/C15H19N3OS/c1-20-11-14-16-15(19-17-14)10-18-9-5-8-13(18)12-6-3-2-4-7-12/h2-4,6-7,13H,5,8-11H2,1H3/t13-/m1/s1. The molecule has 0 saturated carbocycles. The van der Waals surface area contributed by atoms with Crippen molar-refractivity contribution in [2.45, 2.75) is 31.2 Å². The van der Waals surface area contributed by atoms with Gasteiger partial charge in [-0.25, -0.2) is 0 Å². The predicted molar refractivity (Wildman–Crippen MR) is 80.3 cm³/mol. The molecule has 4 nitrogen and oxygen atoms in total. The van der Waals surface area contributed by atoms with E-state index in [4.69, 9.17) is 4.52 Å². The highest BCUT2D eigenvalue weighted by molar-refractivity contribution is 7.97. The molecule has 1 saturated heterocycles. The van der Waals surface area contributed by atoms with Crippen LogP contribution >= 0.6 is 11.8 Å². The number of nitrogens with zero attached hydrogens (tertiary/aromatic N) is 3. The Morgan fingerprint density at radius 1 is 1.35 bits per heavy atom. The Morgan fingerprint density at radius 3 is 3.00 bits per heavy atom. The third-order valence-electron chi connectivity index (χ3n) is 3.67. The Balaban J connectivity index is 1.69. The first kappa shape index (κ1) is 13.6. The zero-order valence-corrected chi connectivity index (χ0v) is 12.5. The first-order valence-electron chi connectivity index (χ1n) is 6.96. The molecule has 1 atom stereocenters. The molecule has 20 heavy (non-hydrogen) atoms. The molecule has 1 fully saturated rings. The normalized spacial score (nSPS) is 19.6. The fourth-order valence-electron chi connectivity index (χ4n) is 2.78. The molecule has 1 aromatic heterocycles. The number of hydrogen-bond acceptors (Lipinski definition) is 5. The molecule has 1 aliphatic heterocycles. The maximum Gasteiger partial charge on any atom is 0.240 e. The summed E-state index contributed by atoms with van der Waals surface area (Å²) in [6.07, 6.45) is 4.48. The third kappa shape index (κ3) is 3.04. The van der Waals surface area contributed by atoms with E-state index < -0.39 is 0 Å². The zero-order valence-electron chi connectivity index (χ0n) is 11.7. The minimum Gasteiger partial charge on any atom is -0.338 e. The minimum absolute atomic E-state index is 0.479. The molecule has 0 bridgehead atoms. The Morgan fingerprint density at radius 2 is 2.20 bits per heavy atom. The lowest BCUT2D eigenvalue weighted by molar-refractivity contribution is 0.212. The van der Waals surface area contributed by atoms with Crippen LogP contribution in [-0.4, -0.2) is 27.8 Å². The van der Waals surface area contributed by atoms with Gasteiger partial charge in [-0.05, 0) is 31.2 Å². The summed E-state index contributed by atoms with van der Waals surface area (Å²) < 4.78 is 5.35. The third-order valence-corrected chi connectivity index (χ3v) is 4.22. The maximum atomic E-state index is 5.35. The molecule has 0 N–H and O–H groups in total. The Kier molecular flexibility index (Phi) is 4.38. The monoisotopic (exact) mass is 289 g/mol. The van der Waals surface area contributed by atoms with E-state index in [9.17, 15) is 0 Å². The topological polar surface area (TPSA) is 42.2 Å². The summed E-state index contributed by atoms with van der Waals surface area (Å²) in [5, 5.41) is 4.01. The summed E-state index contributed by atoms with van der Waals surface area (Å²) in [7, 11) is 0. The van der Waals surface area contributed by atoms with Crippen LogP contribution in [0.15, 0.2) is 34.9 Å². The second kappa shape index (κ2) is 6.41. The SMILES string of the molecule is CSCc1noc(CN2CCC[C@@H]2c2ccccc2)n1. The molecule has 0 aliphatic carbocycles. The highest BCUT2D eigenvalue weighted by Gasteiger charge is 2.27. The highest BCUT2D eigenvalue weighted by Crippen LogP contribution is 2.32. The maximum absolute atomic E-state index is 5.35. The van der Waals surface area contributed by atoms with E-state index in [2.05, 4.69) is 45.4 Å². The summed E-state index contributed by atoms with van der Waals surface area (Å²) in [6.45, 7) is 1.85. The van der Waals surface area contributed by atoms with Crippen LogP contribution in [0.1, 0.15) is 36.2 Å². The van der Waals surface area contributed by atoms with Crippen LogP contribution in [0.25, 0.3) is 0 Å². The molecule has 3 rings (SSSR count). The van der Waals surface area contributed by atoms with E-state index in [1.807, 2.05) is 6.26 Å². The average Bonchev–Trinajstić information content (AvgIpc) is 3.10. The molecule has 2 aromatic rings.